The van der Waals surface area contributed by atoms with Crippen molar-refractivity contribution in [1.82, 2.24) is 4.90 Å². The Morgan fingerprint density at radius 2 is 1.66 bits per heavy atom. The van der Waals surface area contributed by atoms with Crippen LogP contribution in [0.5, 0.6) is 0 Å². The summed E-state index contributed by atoms with van der Waals surface area (Å²) in [4.78, 5) is 2.77. The zero-order chi connectivity index (χ0) is 25.3. The molecular weight excluding hydrogens is 422 g/mol. The van der Waals surface area contributed by atoms with Crippen LogP contribution in [0.3, 0.4) is 0 Å². The van der Waals surface area contributed by atoms with Crippen molar-refractivity contribution < 1.29 is 0 Å². The fourth-order valence-corrected chi connectivity index (χ4v) is 8.17. The van der Waals surface area contributed by atoms with Crippen LogP contribution in [-0.2, 0) is 0 Å². The predicted molar refractivity (Wildman–Crippen MR) is 153 cm³/mol. The fourth-order valence-electron chi connectivity index (χ4n) is 8.17. The summed E-state index contributed by atoms with van der Waals surface area (Å²) in [6.45, 7) is 30.5. The van der Waals surface area contributed by atoms with Crippen LogP contribution in [0, 0.1) is 46.8 Å². The molecule has 1 heteroatoms. The number of allylic oxidation sites excluding steroid dienone is 8. The molecule has 1 nitrogen and oxygen atoms in total. The summed E-state index contributed by atoms with van der Waals surface area (Å²) in [5.74, 6) is 4.55. The van der Waals surface area contributed by atoms with Crippen molar-refractivity contribution in [3.63, 3.8) is 0 Å². The minimum atomic E-state index is 0.376. The van der Waals surface area contributed by atoms with Gasteiger partial charge < -0.3 is 4.90 Å². The molecule has 1 aliphatic heterocycles. The second kappa shape index (κ2) is 10.5. The first-order valence-corrected chi connectivity index (χ1v) is 14.1. The Kier molecular flexibility index (Phi) is 7.84. The summed E-state index contributed by atoms with van der Waals surface area (Å²) in [5, 5.41) is 0. The van der Waals surface area contributed by atoms with Gasteiger partial charge in [0.15, 0.2) is 0 Å². The number of rotatable bonds is 12. The Labute approximate surface area is 216 Å². The van der Waals surface area contributed by atoms with E-state index in [1.165, 1.54) is 42.7 Å². The third kappa shape index (κ3) is 4.98. The normalized spacial score (nSPS) is 33.9. The maximum atomic E-state index is 4.81. The molecule has 0 aromatic carbocycles. The molecule has 0 amide bonds. The quantitative estimate of drug-likeness (QED) is 0.203. The van der Waals surface area contributed by atoms with E-state index in [9.17, 15) is 0 Å². The molecule has 190 valence electrons. The number of hydrogen-bond donors (Lipinski definition) is 0. The van der Waals surface area contributed by atoms with E-state index in [4.69, 9.17) is 6.58 Å². The van der Waals surface area contributed by atoms with Gasteiger partial charge in [-0.1, -0.05) is 82.5 Å². The van der Waals surface area contributed by atoms with E-state index in [-0.39, 0.29) is 0 Å². The highest BCUT2D eigenvalue weighted by Crippen LogP contribution is 2.61. The second-order valence-electron chi connectivity index (χ2n) is 12.7. The zero-order valence-corrected chi connectivity index (χ0v) is 22.7. The number of hydrogen-bond acceptors (Lipinski definition) is 1. The lowest BCUT2D eigenvalue weighted by atomic mass is 9.53. The maximum absolute atomic E-state index is 4.81. The lowest BCUT2D eigenvalue weighted by molar-refractivity contribution is -0.00670. The molecule has 7 atom stereocenters. The minimum Gasteiger partial charge on any atom is -0.371 e. The average molecular weight is 472 g/mol. The molecule has 1 heterocycles. The van der Waals surface area contributed by atoms with Gasteiger partial charge in [-0.2, -0.15) is 0 Å². The molecule has 7 unspecified atom stereocenters. The zero-order valence-electron chi connectivity index (χ0n) is 22.7. The van der Waals surface area contributed by atoms with Crippen molar-refractivity contribution in [3.05, 3.63) is 86.2 Å². The van der Waals surface area contributed by atoms with Crippen LogP contribution < -0.4 is 0 Å². The summed E-state index contributed by atoms with van der Waals surface area (Å²) in [6, 6.07) is 0.468. The van der Waals surface area contributed by atoms with Crippen LogP contribution in [0.15, 0.2) is 86.2 Å². The van der Waals surface area contributed by atoms with E-state index in [0.29, 0.717) is 35.1 Å². The van der Waals surface area contributed by atoms with Crippen molar-refractivity contribution in [2.75, 3.05) is 6.54 Å². The molecule has 35 heavy (non-hydrogen) atoms. The first-order chi connectivity index (χ1) is 16.7. The fraction of sp³-hybridized carbons (Fsp3) is 0.588. The second-order valence-corrected chi connectivity index (χ2v) is 12.7. The van der Waals surface area contributed by atoms with Crippen LogP contribution in [0.1, 0.15) is 65.7 Å². The van der Waals surface area contributed by atoms with Gasteiger partial charge in [-0.05, 0) is 91.4 Å². The molecule has 2 saturated carbocycles. The highest BCUT2D eigenvalue weighted by atomic mass is 15.2. The van der Waals surface area contributed by atoms with E-state index in [1.807, 2.05) is 6.08 Å². The number of likely N-dealkylation sites (tertiary alicyclic amines) is 1. The molecule has 3 fully saturated rings. The lowest BCUT2D eigenvalue weighted by Crippen LogP contribution is -2.50. The van der Waals surface area contributed by atoms with Crippen molar-refractivity contribution in [1.29, 1.82) is 0 Å². The molecule has 1 saturated heterocycles. The molecule has 3 aliphatic carbocycles. The number of fused-ring (bicyclic) bond motifs is 2. The van der Waals surface area contributed by atoms with Crippen LogP contribution in [-0.4, -0.2) is 17.5 Å². The smallest absolute Gasteiger partial charge is 0.0392 e. The molecule has 0 aromatic heterocycles. The van der Waals surface area contributed by atoms with Crippen molar-refractivity contribution >= 4 is 0 Å². The standard InChI is InChI=1S/C34H49N/c1-9-11-15-23(3)24(4)31(18-12-10-2)33-32-30(21-34(32,7)8)22-35(33)26(6)25(5)29-19-27-16-13-14-17-28(27)20-29/h9-10,13-14,16-17,25,27-33H,1-4,6,11-12,15,18-22H2,5,7-8H3. The average Bonchev–Trinajstić information content (AvgIpc) is 3.41. The summed E-state index contributed by atoms with van der Waals surface area (Å²) >= 11 is 0. The van der Waals surface area contributed by atoms with Crippen LogP contribution in [0.2, 0.25) is 0 Å². The topological polar surface area (TPSA) is 3.24 Å². The molecule has 0 N–H and O–H groups in total. The minimum absolute atomic E-state index is 0.376. The maximum Gasteiger partial charge on any atom is 0.0392 e. The van der Waals surface area contributed by atoms with Crippen LogP contribution >= 0.6 is 0 Å². The van der Waals surface area contributed by atoms with Crippen LogP contribution in [0.25, 0.3) is 0 Å². The predicted octanol–water partition coefficient (Wildman–Crippen LogP) is 8.91. The van der Waals surface area contributed by atoms with E-state index in [2.05, 4.69) is 82.4 Å². The van der Waals surface area contributed by atoms with Gasteiger partial charge in [-0.25, -0.2) is 0 Å². The first-order valence-electron chi connectivity index (χ1n) is 14.1. The van der Waals surface area contributed by atoms with Crippen LogP contribution in [0.4, 0.5) is 0 Å². The Morgan fingerprint density at radius 3 is 2.23 bits per heavy atom. The third-order valence-corrected chi connectivity index (χ3v) is 10.1. The molecule has 0 spiro atoms. The molecule has 4 aliphatic rings. The summed E-state index contributed by atoms with van der Waals surface area (Å²) in [5.41, 5.74) is 4.22. The van der Waals surface area contributed by atoms with Gasteiger partial charge in [-0.15, -0.1) is 13.2 Å². The van der Waals surface area contributed by atoms with Gasteiger partial charge in [0.25, 0.3) is 0 Å². The number of nitrogens with zero attached hydrogens (tertiary/aromatic N) is 1. The van der Waals surface area contributed by atoms with Gasteiger partial charge in [0.1, 0.15) is 0 Å². The van der Waals surface area contributed by atoms with Gasteiger partial charge in [0, 0.05) is 24.2 Å². The van der Waals surface area contributed by atoms with Gasteiger partial charge >= 0.3 is 0 Å². The molecule has 0 bridgehead atoms. The highest BCUT2D eigenvalue weighted by molar-refractivity contribution is 5.32. The van der Waals surface area contributed by atoms with E-state index >= 15 is 0 Å². The Morgan fingerprint density at radius 1 is 1.03 bits per heavy atom. The summed E-state index contributed by atoms with van der Waals surface area (Å²) in [6.07, 6.45) is 21.4. The van der Waals surface area contributed by atoms with E-state index in [1.54, 1.807) is 0 Å². The monoisotopic (exact) mass is 471 g/mol. The molecular formula is C34H49N. The van der Waals surface area contributed by atoms with Crippen molar-refractivity contribution in [2.24, 2.45) is 46.8 Å². The third-order valence-electron chi connectivity index (χ3n) is 10.1. The largest absolute Gasteiger partial charge is 0.371 e. The van der Waals surface area contributed by atoms with E-state index < -0.39 is 0 Å². The first kappa shape index (κ1) is 26.1. The van der Waals surface area contributed by atoms with Gasteiger partial charge in [-0.3, -0.25) is 0 Å². The van der Waals surface area contributed by atoms with E-state index in [0.717, 1.165) is 43.4 Å². The Balaban J connectivity index is 1.59. The SMILES string of the molecule is C=CCCC(=C)C(=C)C(CCC=C)C1C2C(CN1C(=C)C(C)C1CC3C=CC=CC3C1)CC2(C)C. The van der Waals surface area contributed by atoms with Gasteiger partial charge in [0.05, 0.1) is 0 Å². The Bertz CT molecular complexity index is 893. The highest BCUT2D eigenvalue weighted by Gasteiger charge is 2.59. The van der Waals surface area contributed by atoms with Gasteiger partial charge in [0.2, 0.25) is 0 Å². The summed E-state index contributed by atoms with van der Waals surface area (Å²) in [7, 11) is 0. The van der Waals surface area contributed by atoms with Crippen molar-refractivity contribution in [3.8, 4) is 0 Å². The van der Waals surface area contributed by atoms with Crippen molar-refractivity contribution in [2.45, 2.75) is 71.8 Å². The lowest BCUT2D eigenvalue weighted by Gasteiger charge is -2.52. The summed E-state index contributed by atoms with van der Waals surface area (Å²) < 4.78 is 0. The molecule has 0 radical (unpaired) electrons. The molecule has 4 rings (SSSR count). The Hall–Kier alpha value is -2.02. The molecule has 0 aromatic rings.